The first-order chi connectivity index (χ1) is 9.10. The number of aromatic nitrogens is 2. The summed E-state index contributed by atoms with van der Waals surface area (Å²) in [6.07, 6.45) is 2.50. The van der Waals surface area contributed by atoms with E-state index in [1.807, 2.05) is 13.0 Å². The minimum Gasteiger partial charge on any atom is -0.370 e. The van der Waals surface area contributed by atoms with Crippen LogP contribution in [0.2, 0.25) is 0 Å². The number of hydrogen-bond acceptors (Lipinski definition) is 5. The highest BCUT2D eigenvalue weighted by Gasteiger charge is 2.22. The van der Waals surface area contributed by atoms with Crippen LogP contribution in [0.5, 0.6) is 0 Å². The van der Waals surface area contributed by atoms with Crippen LogP contribution in [0.25, 0.3) is 0 Å². The fraction of sp³-hybridized carbons (Fsp3) is 0.714. The summed E-state index contributed by atoms with van der Waals surface area (Å²) in [4.78, 5) is 13.7. The molecule has 0 spiro atoms. The second-order valence-electron chi connectivity index (χ2n) is 5.36. The number of piperidine rings is 1. The quantitative estimate of drug-likeness (QED) is 0.896. The molecule has 1 unspecified atom stereocenters. The van der Waals surface area contributed by atoms with Crippen LogP contribution < -0.4 is 10.2 Å². The molecule has 2 heterocycles. The van der Waals surface area contributed by atoms with Crippen molar-refractivity contribution in [2.24, 2.45) is 0 Å². The van der Waals surface area contributed by atoms with Gasteiger partial charge in [-0.05, 0) is 40.3 Å². The standard InChI is InChI=1S/C14H25N5/c1-5-15-13-9-14(17-11(2)16-13)19(4)12-7-6-8-18(3)10-12/h9,12H,5-8,10H2,1-4H3,(H,15,16,17). The third kappa shape index (κ3) is 3.56. The molecule has 1 N–H and O–H groups in total. The zero-order chi connectivity index (χ0) is 13.8. The predicted molar refractivity (Wildman–Crippen MR) is 79.9 cm³/mol. The van der Waals surface area contributed by atoms with E-state index in [0.717, 1.165) is 30.5 Å². The van der Waals surface area contributed by atoms with Gasteiger partial charge in [0.15, 0.2) is 0 Å². The first-order valence-corrected chi connectivity index (χ1v) is 7.11. The van der Waals surface area contributed by atoms with Crippen LogP contribution in [-0.4, -0.2) is 54.6 Å². The lowest BCUT2D eigenvalue weighted by Gasteiger charge is -2.36. The fourth-order valence-corrected chi connectivity index (χ4v) is 2.65. The van der Waals surface area contributed by atoms with Crippen molar-refractivity contribution in [2.75, 3.05) is 43.9 Å². The lowest BCUT2D eigenvalue weighted by Crippen LogP contribution is -2.45. The maximum atomic E-state index is 4.57. The fourth-order valence-electron chi connectivity index (χ4n) is 2.65. The van der Waals surface area contributed by atoms with E-state index in [0.29, 0.717) is 6.04 Å². The molecule has 2 rings (SSSR count). The Labute approximate surface area is 116 Å². The second-order valence-corrected chi connectivity index (χ2v) is 5.36. The van der Waals surface area contributed by atoms with Crippen LogP contribution >= 0.6 is 0 Å². The van der Waals surface area contributed by atoms with Crippen LogP contribution in [0.4, 0.5) is 11.6 Å². The Hall–Kier alpha value is -1.36. The number of nitrogens with one attached hydrogen (secondary N) is 1. The number of aryl methyl sites for hydroxylation is 1. The molecule has 1 aromatic heterocycles. The van der Waals surface area contributed by atoms with Gasteiger partial charge in [0.25, 0.3) is 0 Å². The maximum Gasteiger partial charge on any atom is 0.134 e. The summed E-state index contributed by atoms with van der Waals surface area (Å²) in [6, 6.07) is 2.59. The third-order valence-corrected chi connectivity index (χ3v) is 3.69. The number of nitrogens with zero attached hydrogens (tertiary/aromatic N) is 4. The topological polar surface area (TPSA) is 44.3 Å². The van der Waals surface area contributed by atoms with Crippen molar-refractivity contribution in [1.29, 1.82) is 0 Å². The van der Waals surface area contributed by atoms with Gasteiger partial charge >= 0.3 is 0 Å². The molecule has 0 aromatic carbocycles. The van der Waals surface area contributed by atoms with E-state index in [-0.39, 0.29) is 0 Å². The summed E-state index contributed by atoms with van der Waals surface area (Å²) in [7, 11) is 4.33. The molecule has 1 fully saturated rings. The number of hydrogen-bond donors (Lipinski definition) is 1. The highest BCUT2D eigenvalue weighted by atomic mass is 15.2. The Morgan fingerprint density at radius 2 is 2.26 bits per heavy atom. The van der Waals surface area contributed by atoms with E-state index in [1.54, 1.807) is 0 Å². The maximum absolute atomic E-state index is 4.57. The highest BCUT2D eigenvalue weighted by Crippen LogP contribution is 2.21. The molecule has 0 aliphatic carbocycles. The zero-order valence-corrected chi connectivity index (χ0v) is 12.5. The molecule has 0 amide bonds. The van der Waals surface area contributed by atoms with Crippen LogP contribution in [0.15, 0.2) is 6.07 Å². The van der Waals surface area contributed by atoms with Gasteiger partial charge in [-0.15, -0.1) is 0 Å². The Morgan fingerprint density at radius 3 is 2.95 bits per heavy atom. The minimum absolute atomic E-state index is 0.544. The highest BCUT2D eigenvalue weighted by molar-refractivity contribution is 5.49. The van der Waals surface area contributed by atoms with Crippen LogP contribution in [0, 0.1) is 6.92 Å². The first-order valence-electron chi connectivity index (χ1n) is 7.11. The molecule has 0 saturated carbocycles. The monoisotopic (exact) mass is 263 g/mol. The van der Waals surface area contributed by atoms with Gasteiger partial charge in [0.05, 0.1) is 0 Å². The van der Waals surface area contributed by atoms with E-state index in [9.17, 15) is 0 Å². The number of anilines is 2. The van der Waals surface area contributed by atoms with Crippen LogP contribution in [0.3, 0.4) is 0 Å². The van der Waals surface area contributed by atoms with Gasteiger partial charge in [0, 0.05) is 32.2 Å². The van der Waals surface area contributed by atoms with E-state index in [2.05, 4.69) is 46.1 Å². The Balaban J connectivity index is 2.15. The van der Waals surface area contributed by atoms with E-state index in [1.165, 1.54) is 19.4 Å². The summed E-state index contributed by atoms with van der Waals surface area (Å²) in [5, 5.41) is 3.27. The van der Waals surface area contributed by atoms with Crippen molar-refractivity contribution in [3.8, 4) is 0 Å². The van der Waals surface area contributed by atoms with Gasteiger partial charge in [-0.1, -0.05) is 0 Å². The summed E-state index contributed by atoms with van der Waals surface area (Å²) in [5.41, 5.74) is 0. The Bertz CT molecular complexity index is 420. The van der Waals surface area contributed by atoms with Gasteiger partial charge in [-0.3, -0.25) is 0 Å². The minimum atomic E-state index is 0.544. The molecule has 5 nitrogen and oxygen atoms in total. The van der Waals surface area contributed by atoms with Crippen molar-refractivity contribution in [3.63, 3.8) is 0 Å². The molecular weight excluding hydrogens is 238 g/mol. The van der Waals surface area contributed by atoms with E-state index >= 15 is 0 Å². The normalized spacial score (nSPS) is 20.3. The smallest absolute Gasteiger partial charge is 0.134 e. The van der Waals surface area contributed by atoms with Gasteiger partial charge < -0.3 is 15.1 Å². The van der Waals surface area contributed by atoms with Crippen molar-refractivity contribution in [3.05, 3.63) is 11.9 Å². The van der Waals surface area contributed by atoms with Gasteiger partial charge in [-0.2, -0.15) is 0 Å². The average Bonchev–Trinajstić information content (AvgIpc) is 2.37. The summed E-state index contributed by atoms with van der Waals surface area (Å²) in [6.45, 7) is 7.22. The molecule has 5 heteroatoms. The first kappa shape index (κ1) is 14.1. The van der Waals surface area contributed by atoms with Crippen molar-refractivity contribution in [2.45, 2.75) is 32.7 Å². The zero-order valence-electron chi connectivity index (χ0n) is 12.5. The lowest BCUT2D eigenvalue weighted by molar-refractivity contribution is 0.247. The number of rotatable bonds is 4. The van der Waals surface area contributed by atoms with Crippen LogP contribution in [0.1, 0.15) is 25.6 Å². The van der Waals surface area contributed by atoms with Gasteiger partial charge in [0.1, 0.15) is 17.5 Å². The Morgan fingerprint density at radius 1 is 1.47 bits per heavy atom. The van der Waals surface area contributed by atoms with Crippen molar-refractivity contribution >= 4 is 11.6 Å². The predicted octanol–water partition coefficient (Wildman–Crippen LogP) is 1.75. The molecule has 1 aliphatic heterocycles. The second kappa shape index (κ2) is 6.19. The van der Waals surface area contributed by atoms with Crippen LogP contribution in [-0.2, 0) is 0 Å². The molecule has 19 heavy (non-hydrogen) atoms. The average molecular weight is 263 g/mol. The molecule has 1 aliphatic rings. The van der Waals surface area contributed by atoms with Crippen molar-refractivity contribution < 1.29 is 0 Å². The summed E-state index contributed by atoms with van der Waals surface area (Å²) < 4.78 is 0. The van der Waals surface area contributed by atoms with Crippen molar-refractivity contribution in [1.82, 2.24) is 14.9 Å². The molecule has 1 atom stereocenters. The Kier molecular flexibility index (Phi) is 4.58. The molecule has 0 bridgehead atoms. The molecule has 0 radical (unpaired) electrons. The van der Waals surface area contributed by atoms with E-state index < -0.39 is 0 Å². The molecular formula is C14H25N5. The molecule has 1 saturated heterocycles. The lowest BCUT2D eigenvalue weighted by atomic mass is 10.1. The third-order valence-electron chi connectivity index (χ3n) is 3.69. The largest absolute Gasteiger partial charge is 0.370 e. The summed E-state index contributed by atoms with van der Waals surface area (Å²) in [5.74, 6) is 2.76. The SMILES string of the molecule is CCNc1cc(N(C)C2CCCN(C)C2)nc(C)n1. The molecule has 1 aromatic rings. The number of likely N-dealkylation sites (tertiary alicyclic amines) is 1. The van der Waals surface area contributed by atoms with E-state index in [4.69, 9.17) is 0 Å². The van der Waals surface area contributed by atoms with Gasteiger partial charge in [0.2, 0.25) is 0 Å². The summed E-state index contributed by atoms with van der Waals surface area (Å²) >= 11 is 0. The number of likely N-dealkylation sites (N-methyl/N-ethyl adjacent to an activating group) is 2. The van der Waals surface area contributed by atoms with Gasteiger partial charge in [-0.25, -0.2) is 9.97 Å². The molecule has 106 valence electrons.